The monoisotopic (exact) mass is 323 g/mol. The first-order chi connectivity index (χ1) is 10.4. The number of phenols is 1. The summed E-state index contributed by atoms with van der Waals surface area (Å²) in [5, 5.41) is 23.7. The average molecular weight is 323 g/mol. The Kier molecular flexibility index (Phi) is 4.27. The van der Waals surface area contributed by atoms with Gasteiger partial charge in [-0.2, -0.15) is 0 Å². The molecule has 0 unspecified atom stereocenters. The van der Waals surface area contributed by atoms with E-state index in [1.807, 2.05) is 0 Å². The van der Waals surface area contributed by atoms with Crippen LogP contribution in [-0.2, 0) is 4.79 Å². The molecule has 2 N–H and O–H groups in total. The van der Waals surface area contributed by atoms with Gasteiger partial charge in [-0.3, -0.25) is 19.8 Å². The number of aromatic hydroxyl groups is 1. The minimum Gasteiger partial charge on any atom is -0.500 e. The molecule has 1 aromatic rings. The van der Waals surface area contributed by atoms with Crippen LogP contribution >= 0.6 is 12.2 Å². The number of nitro benzene ring substituents is 1. The lowest BCUT2D eigenvalue weighted by atomic mass is 10.1. The smallest absolute Gasteiger partial charge is 0.315 e. The van der Waals surface area contributed by atoms with Crippen molar-refractivity contribution in [1.82, 2.24) is 10.2 Å². The SMILES string of the molecule is CCN1C(=O)/C(=C/c2cc(OC)c(O)c([N+](=O)[O-])c2)NC1=S. The number of hydrogen-bond donors (Lipinski definition) is 2. The van der Waals surface area contributed by atoms with E-state index in [-0.39, 0.29) is 22.5 Å². The summed E-state index contributed by atoms with van der Waals surface area (Å²) in [6.07, 6.45) is 1.42. The van der Waals surface area contributed by atoms with Crippen LogP contribution in [-0.4, -0.2) is 39.6 Å². The molecule has 0 atom stereocenters. The van der Waals surface area contributed by atoms with Gasteiger partial charge in [0.15, 0.2) is 10.9 Å². The van der Waals surface area contributed by atoms with Crippen LogP contribution in [0, 0.1) is 10.1 Å². The van der Waals surface area contributed by atoms with E-state index in [9.17, 15) is 20.0 Å². The second kappa shape index (κ2) is 5.98. The summed E-state index contributed by atoms with van der Waals surface area (Å²) in [7, 11) is 1.28. The van der Waals surface area contributed by atoms with Gasteiger partial charge in [0.05, 0.1) is 12.0 Å². The minimum absolute atomic E-state index is 0.0542. The first-order valence-corrected chi connectivity index (χ1v) is 6.69. The number of amides is 1. The quantitative estimate of drug-likeness (QED) is 0.373. The maximum absolute atomic E-state index is 12.1. The summed E-state index contributed by atoms with van der Waals surface area (Å²) in [4.78, 5) is 23.7. The van der Waals surface area contributed by atoms with E-state index in [0.29, 0.717) is 12.1 Å². The predicted molar refractivity (Wildman–Crippen MR) is 82.4 cm³/mol. The third kappa shape index (κ3) is 2.70. The molecular formula is C13H13N3O5S. The van der Waals surface area contributed by atoms with Crippen molar-refractivity contribution in [2.75, 3.05) is 13.7 Å². The lowest BCUT2D eigenvalue weighted by Gasteiger charge is -2.09. The summed E-state index contributed by atoms with van der Waals surface area (Å²) in [5.74, 6) is -0.935. The highest BCUT2D eigenvalue weighted by Crippen LogP contribution is 2.37. The number of phenolic OH excluding ortho intramolecular Hbond substituents is 1. The number of nitrogens with one attached hydrogen (secondary N) is 1. The van der Waals surface area contributed by atoms with Crippen LogP contribution in [0.25, 0.3) is 6.08 Å². The predicted octanol–water partition coefficient (Wildman–Crippen LogP) is 1.39. The van der Waals surface area contributed by atoms with E-state index in [1.165, 1.54) is 24.2 Å². The number of carbonyl (C=O) groups is 1. The van der Waals surface area contributed by atoms with Gasteiger partial charge >= 0.3 is 5.69 Å². The molecule has 9 heteroatoms. The van der Waals surface area contributed by atoms with Crippen molar-refractivity contribution in [2.24, 2.45) is 0 Å². The van der Waals surface area contributed by atoms with E-state index < -0.39 is 16.4 Å². The van der Waals surface area contributed by atoms with Crippen LogP contribution in [0.4, 0.5) is 5.69 Å². The molecule has 1 aliphatic rings. The molecule has 0 radical (unpaired) electrons. The fourth-order valence-corrected chi connectivity index (χ4v) is 2.34. The summed E-state index contributed by atoms with van der Waals surface area (Å²) in [6.45, 7) is 2.20. The number of carbonyl (C=O) groups excluding carboxylic acids is 1. The van der Waals surface area contributed by atoms with E-state index in [4.69, 9.17) is 17.0 Å². The van der Waals surface area contributed by atoms with Gasteiger partial charge in [0.25, 0.3) is 5.91 Å². The zero-order valence-electron chi connectivity index (χ0n) is 11.8. The van der Waals surface area contributed by atoms with Gasteiger partial charge in [-0.05, 0) is 36.8 Å². The van der Waals surface area contributed by atoms with Crippen LogP contribution in [0.5, 0.6) is 11.5 Å². The van der Waals surface area contributed by atoms with Gasteiger partial charge < -0.3 is 15.2 Å². The third-order valence-electron chi connectivity index (χ3n) is 3.08. The summed E-state index contributed by atoms with van der Waals surface area (Å²) in [6, 6.07) is 2.54. The number of rotatable bonds is 4. The molecule has 1 fully saturated rings. The number of thiocarbonyl (C=S) groups is 1. The molecule has 1 aliphatic heterocycles. The zero-order chi connectivity index (χ0) is 16.4. The fourth-order valence-electron chi connectivity index (χ4n) is 2.02. The Balaban J connectivity index is 2.48. The number of nitro groups is 1. The number of hydrogen-bond acceptors (Lipinski definition) is 6. The molecule has 0 spiro atoms. The van der Waals surface area contributed by atoms with Crippen LogP contribution in [0.2, 0.25) is 0 Å². The molecule has 1 heterocycles. The average Bonchev–Trinajstić information content (AvgIpc) is 2.74. The lowest BCUT2D eigenvalue weighted by molar-refractivity contribution is -0.386. The highest BCUT2D eigenvalue weighted by Gasteiger charge is 2.29. The molecule has 2 rings (SSSR count). The second-order valence-electron chi connectivity index (χ2n) is 4.39. The van der Waals surface area contributed by atoms with Crippen molar-refractivity contribution in [3.05, 3.63) is 33.5 Å². The molecular weight excluding hydrogens is 310 g/mol. The number of nitrogens with zero attached hydrogens (tertiary/aromatic N) is 2. The first-order valence-electron chi connectivity index (χ1n) is 6.29. The Morgan fingerprint density at radius 3 is 2.73 bits per heavy atom. The molecule has 116 valence electrons. The van der Waals surface area contributed by atoms with Gasteiger partial charge in [0, 0.05) is 12.6 Å². The first kappa shape index (κ1) is 15.7. The molecule has 1 saturated heterocycles. The zero-order valence-corrected chi connectivity index (χ0v) is 12.6. The maximum atomic E-state index is 12.1. The Morgan fingerprint density at radius 2 is 2.23 bits per heavy atom. The molecule has 8 nitrogen and oxygen atoms in total. The Morgan fingerprint density at radius 1 is 1.55 bits per heavy atom. The highest BCUT2D eigenvalue weighted by atomic mass is 32.1. The standard InChI is InChI=1S/C13H13N3O5S/c1-3-15-12(18)8(14-13(15)22)4-7-5-9(16(19)20)11(17)10(6-7)21-2/h4-6,17H,3H2,1-2H3,(H,14,22)/b8-4-. The van der Waals surface area contributed by atoms with E-state index in [1.54, 1.807) is 6.92 Å². The van der Waals surface area contributed by atoms with Gasteiger partial charge in [-0.15, -0.1) is 0 Å². The van der Waals surface area contributed by atoms with E-state index in [0.717, 1.165) is 6.07 Å². The molecule has 1 aromatic carbocycles. The summed E-state index contributed by atoms with van der Waals surface area (Å²) in [5.41, 5.74) is 0.0263. The van der Waals surface area contributed by atoms with Gasteiger partial charge in [0.2, 0.25) is 5.75 Å². The molecule has 1 amide bonds. The van der Waals surface area contributed by atoms with Crippen LogP contribution in [0.15, 0.2) is 17.8 Å². The van der Waals surface area contributed by atoms with Crippen molar-refractivity contribution in [2.45, 2.75) is 6.92 Å². The Bertz CT molecular complexity index is 701. The molecule has 0 aliphatic carbocycles. The van der Waals surface area contributed by atoms with Crippen LogP contribution in [0.3, 0.4) is 0 Å². The van der Waals surface area contributed by atoms with Gasteiger partial charge in [-0.1, -0.05) is 0 Å². The van der Waals surface area contributed by atoms with Crippen molar-refractivity contribution in [3.63, 3.8) is 0 Å². The highest BCUT2D eigenvalue weighted by molar-refractivity contribution is 7.80. The fraction of sp³-hybridized carbons (Fsp3) is 0.231. The van der Waals surface area contributed by atoms with Crippen LogP contribution in [0.1, 0.15) is 12.5 Å². The topological polar surface area (TPSA) is 105 Å². The summed E-state index contributed by atoms with van der Waals surface area (Å²) < 4.78 is 4.91. The molecule has 0 bridgehead atoms. The molecule has 0 aromatic heterocycles. The normalized spacial score (nSPS) is 16.1. The van der Waals surface area contributed by atoms with Crippen molar-refractivity contribution < 1.29 is 19.6 Å². The lowest BCUT2D eigenvalue weighted by Crippen LogP contribution is -2.30. The van der Waals surface area contributed by atoms with Crippen LogP contribution < -0.4 is 10.1 Å². The van der Waals surface area contributed by atoms with Crippen molar-refractivity contribution in [3.8, 4) is 11.5 Å². The van der Waals surface area contributed by atoms with Crippen molar-refractivity contribution >= 4 is 35.0 Å². The number of benzene rings is 1. The van der Waals surface area contributed by atoms with E-state index in [2.05, 4.69) is 5.32 Å². The summed E-state index contributed by atoms with van der Waals surface area (Å²) >= 11 is 5.03. The molecule has 22 heavy (non-hydrogen) atoms. The van der Waals surface area contributed by atoms with Gasteiger partial charge in [-0.25, -0.2) is 0 Å². The maximum Gasteiger partial charge on any atom is 0.315 e. The van der Waals surface area contributed by atoms with Gasteiger partial charge in [0.1, 0.15) is 5.70 Å². The number of likely N-dealkylation sites (N-methyl/N-ethyl adjacent to an activating group) is 1. The van der Waals surface area contributed by atoms with Crippen molar-refractivity contribution in [1.29, 1.82) is 0 Å². The minimum atomic E-state index is -0.729. The van der Waals surface area contributed by atoms with E-state index >= 15 is 0 Å². The third-order valence-corrected chi connectivity index (χ3v) is 3.41. The number of ether oxygens (including phenoxy) is 1. The number of methoxy groups -OCH3 is 1. The molecule has 0 saturated carbocycles. The Labute approximate surface area is 131 Å². The largest absolute Gasteiger partial charge is 0.500 e. The second-order valence-corrected chi connectivity index (χ2v) is 4.77. The Hall–Kier alpha value is -2.68.